The minimum absolute atomic E-state index is 0.0522. The van der Waals surface area contributed by atoms with E-state index in [4.69, 9.17) is 9.47 Å². The summed E-state index contributed by atoms with van der Waals surface area (Å²) in [5.41, 5.74) is 4.35. The minimum Gasteiger partial charge on any atom is -0.493 e. The Bertz CT molecular complexity index is 660. The SMILES string of the molecule is COc1cc(-c2cccc(CO)c2)cc(C2CCC2)c1OC. The van der Waals surface area contributed by atoms with Gasteiger partial charge in [0.25, 0.3) is 0 Å². The highest BCUT2D eigenvalue weighted by Gasteiger charge is 2.25. The van der Waals surface area contributed by atoms with Crippen LogP contribution in [-0.4, -0.2) is 19.3 Å². The lowest BCUT2D eigenvalue weighted by Gasteiger charge is -2.28. The van der Waals surface area contributed by atoms with Crippen LogP contribution >= 0.6 is 0 Å². The third kappa shape index (κ3) is 2.69. The molecule has 3 nitrogen and oxygen atoms in total. The van der Waals surface area contributed by atoms with Crippen LogP contribution in [0.2, 0.25) is 0 Å². The third-order valence-electron chi connectivity index (χ3n) is 4.50. The van der Waals surface area contributed by atoms with Crippen LogP contribution in [-0.2, 0) is 6.61 Å². The molecule has 0 aliphatic heterocycles. The molecular weight excluding hydrogens is 276 g/mol. The lowest BCUT2D eigenvalue weighted by Crippen LogP contribution is -2.11. The van der Waals surface area contributed by atoms with Crippen LogP contribution in [0.1, 0.15) is 36.3 Å². The third-order valence-corrected chi connectivity index (χ3v) is 4.50. The zero-order valence-electron chi connectivity index (χ0n) is 13.1. The standard InChI is InChI=1S/C19H22O3/c1-21-18-11-16(15-8-3-5-13(9-15)12-20)10-17(19(18)22-2)14-6-4-7-14/h3,5,8-11,14,20H,4,6-7,12H2,1-2H3. The molecule has 1 aliphatic carbocycles. The molecule has 1 saturated carbocycles. The van der Waals surface area contributed by atoms with E-state index in [1.165, 1.54) is 24.8 Å². The van der Waals surface area contributed by atoms with Crippen LogP contribution < -0.4 is 9.47 Å². The first-order valence-electron chi connectivity index (χ1n) is 7.73. The minimum atomic E-state index is 0.0522. The summed E-state index contributed by atoms with van der Waals surface area (Å²) in [5.74, 6) is 2.19. The van der Waals surface area contributed by atoms with Gasteiger partial charge in [0.2, 0.25) is 0 Å². The Balaban J connectivity index is 2.10. The van der Waals surface area contributed by atoms with Crippen molar-refractivity contribution in [2.24, 2.45) is 0 Å². The molecule has 0 radical (unpaired) electrons. The molecule has 1 fully saturated rings. The Morgan fingerprint density at radius 3 is 2.45 bits per heavy atom. The predicted molar refractivity (Wildman–Crippen MR) is 87.5 cm³/mol. The van der Waals surface area contributed by atoms with E-state index in [9.17, 15) is 5.11 Å². The van der Waals surface area contributed by atoms with Crippen molar-refractivity contribution in [3.05, 3.63) is 47.5 Å². The van der Waals surface area contributed by atoms with Gasteiger partial charge in [0.15, 0.2) is 11.5 Å². The Morgan fingerprint density at radius 1 is 1.05 bits per heavy atom. The van der Waals surface area contributed by atoms with Gasteiger partial charge in [-0.3, -0.25) is 0 Å². The molecule has 22 heavy (non-hydrogen) atoms. The molecule has 0 unspecified atom stereocenters. The number of benzene rings is 2. The number of rotatable bonds is 5. The Labute approximate surface area is 131 Å². The van der Waals surface area contributed by atoms with Gasteiger partial charge in [-0.15, -0.1) is 0 Å². The summed E-state index contributed by atoms with van der Waals surface area (Å²) in [7, 11) is 3.38. The molecule has 0 atom stereocenters. The summed E-state index contributed by atoms with van der Waals surface area (Å²) >= 11 is 0. The molecule has 0 amide bonds. The zero-order valence-corrected chi connectivity index (χ0v) is 13.1. The Kier molecular flexibility index (Phi) is 4.34. The molecule has 1 N–H and O–H groups in total. The van der Waals surface area contributed by atoms with Crippen molar-refractivity contribution in [2.75, 3.05) is 14.2 Å². The molecule has 0 aromatic heterocycles. The number of hydrogen-bond donors (Lipinski definition) is 1. The number of ether oxygens (including phenoxy) is 2. The van der Waals surface area contributed by atoms with E-state index in [0.717, 1.165) is 28.2 Å². The quantitative estimate of drug-likeness (QED) is 0.902. The monoisotopic (exact) mass is 298 g/mol. The van der Waals surface area contributed by atoms with E-state index < -0.39 is 0 Å². The fraction of sp³-hybridized carbons (Fsp3) is 0.368. The van der Waals surface area contributed by atoms with Crippen LogP contribution in [0.4, 0.5) is 0 Å². The summed E-state index contributed by atoms with van der Waals surface area (Å²) in [6, 6.07) is 12.2. The number of methoxy groups -OCH3 is 2. The largest absolute Gasteiger partial charge is 0.493 e. The second-order valence-electron chi connectivity index (χ2n) is 5.79. The maximum atomic E-state index is 9.34. The topological polar surface area (TPSA) is 38.7 Å². The van der Waals surface area contributed by atoms with E-state index in [1.807, 2.05) is 24.3 Å². The van der Waals surface area contributed by atoms with Crippen molar-refractivity contribution in [3.8, 4) is 22.6 Å². The van der Waals surface area contributed by atoms with Gasteiger partial charge in [-0.25, -0.2) is 0 Å². The molecule has 1 aliphatic rings. The number of hydrogen-bond acceptors (Lipinski definition) is 3. The molecule has 0 spiro atoms. The van der Waals surface area contributed by atoms with E-state index in [-0.39, 0.29) is 6.61 Å². The van der Waals surface area contributed by atoms with Gasteiger partial charge in [-0.05, 0) is 53.6 Å². The second-order valence-corrected chi connectivity index (χ2v) is 5.79. The zero-order chi connectivity index (χ0) is 15.5. The summed E-state index contributed by atoms with van der Waals surface area (Å²) in [5, 5.41) is 9.34. The lowest BCUT2D eigenvalue weighted by molar-refractivity contribution is 0.282. The lowest BCUT2D eigenvalue weighted by atomic mass is 9.78. The van der Waals surface area contributed by atoms with Crippen LogP contribution in [0, 0.1) is 0 Å². The van der Waals surface area contributed by atoms with Crippen LogP contribution in [0.25, 0.3) is 11.1 Å². The Morgan fingerprint density at radius 2 is 1.86 bits per heavy atom. The van der Waals surface area contributed by atoms with Gasteiger partial charge in [0.1, 0.15) is 0 Å². The average molecular weight is 298 g/mol. The van der Waals surface area contributed by atoms with E-state index in [1.54, 1.807) is 14.2 Å². The maximum absolute atomic E-state index is 9.34. The molecule has 0 heterocycles. The Hall–Kier alpha value is -2.00. The molecule has 0 bridgehead atoms. The predicted octanol–water partition coefficient (Wildman–Crippen LogP) is 4.13. The molecular formula is C19H22O3. The average Bonchev–Trinajstić information content (AvgIpc) is 2.52. The fourth-order valence-corrected chi connectivity index (χ4v) is 3.03. The highest BCUT2D eigenvalue weighted by molar-refractivity contribution is 5.70. The molecule has 3 heteroatoms. The molecule has 116 valence electrons. The van der Waals surface area contributed by atoms with Gasteiger partial charge in [0, 0.05) is 5.56 Å². The van der Waals surface area contributed by atoms with Gasteiger partial charge < -0.3 is 14.6 Å². The van der Waals surface area contributed by atoms with Crippen molar-refractivity contribution in [1.29, 1.82) is 0 Å². The highest BCUT2D eigenvalue weighted by Crippen LogP contribution is 2.46. The molecule has 3 rings (SSSR count). The first-order valence-corrected chi connectivity index (χ1v) is 7.73. The van der Waals surface area contributed by atoms with Gasteiger partial charge in [-0.2, -0.15) is 0 Å². The van der Waals surface area contributed by atoms with E-state index >= 15 is 0 Å². The second kappa shape index (κ2) is 6.41. The van der Waals surface area contributed by atoms with Crippen molar-refractivity contribution >= 4 is 0 Å². The first-order chi connectivity index (χ1) is 10.8. The highest BCUT2D eigenvalue weighted by atomic mass is 16.5. The number of aliphatic hydroxyl groups excluding tert-OH is 1. The first kappa shape index (κ1) is 14.9. The summed E-state index contributed by atoms with van der Waals surface area (Å²) in [6.45, 7) is 0.0522. The van der Waals surface area contributed by atoms with Crippen LogP contribution in [0.15, 0.2) is 36.4 Å². The fourth-order valence-electron chi connectivity index (χ4n) is 3.03. The summed E-state index contributed by atoms with van der Waals surface area (Å²) in [4.78, 5) is 0. The van der Waals surface area contributed by atoms with E-state index in [2.05, 4.69) is 12.1 Å². The normalized spacial score (nSPS) is 14.5. The van der Waals surface area contributed by atoms with Crippen molar-refractivity contribution < 1.29 is 14.6 Å². The van der Waals surface area contributed by atoms with Gasteiger partial charge >= 0.3 is 0 Å². The maximum Gasteiger partial charge on any atom is 0.164 e. The van der Waals surface area contributed by atoms with Crippen LogP contribution in [0.3, 0.4) is 0 Å². The molecule has 2 aromatic carbocycles. The van der Waals surface area contributed by atoms with Crippen LogP contribution in [0.5, 0.6) is 11.5 Å². The number of aliphatic hydroxyl groups is 1. The molecule has 0 saturated heterocycles. The summed E-state index contributed by atoms with van der Waals surface area (Å²) in [6.07, 6.45) is 3.69. The van der Waals surface area contributed by atoms with Crippen molar-refractivity contribution in [2.45, 2.75) is 31.8 Å². The molecule has 2 aromatic rings. The van der Waals surface area contributed by atoms with Gasteiger partial charge in [-0.1, -0.05) is 24.6 Å². The summed E-state index contributed by atoms with van der Waals surface area (Å²) < 4.78 is 11.1. The smallest absolute Gasteiger partial charge is 0.164 e. The van der Waals surface area contributed by atoms with Crippen molar-refractivity contribution in [3.63, 3.8) is 0 Å². The van der Waals surface area contributed by atoms with Gasteiger partial charge in [0.05, 0.1) is 20.8 Å². The van der Waals surface area contributed by atoms with Crippen molar-refractivity contribution in [1.82, 2.24) is 0 Å². The van der Waals surface area contributed by atoms with E-state index in [0.29, 0.717) is 5.92 Å².